The summed E-state index contributed by atoms with van der Waals surface area (Å²) < 4.78 is 1.77. The highest BCUT2D eigenvalue weighted by Crippen LogP contribution is 2.17. The van der Waals surface area contributed by atoms with Gasteiger partial charge in [0.2, 0.25) is 0 Å². The normalized spacial score (nSPS) is 17.6. The van der Waals surface area contributed by atoms with Gasteiger partial charge in [-0.25, -0.2) is 4.68 Å². The molecule has 4 heteroatoms. The Bertz CT molecular complexity index is 678. The Morgan fingerprint density at radius 1 is 1.14 bits per heavy atom. The fourth-order valence-corrected chi connectivity index (χ4v) is 2.84. The van der Waals surface area contributed by atoms with Crippen molar-refractivity contribution >= 4 is 0 Å². The van der Waals surface area contributed by atoms with Crippen LogP contribution in [0.15, 0.2) is 47.3 Å². The van der Waals surface area contributed by atoms with Crippen LogP contribution >= 0.6 is 0 Å². The average molecular weight is 283 g/mol. The van der Waals surface area contributed by atoms with Crippen molar-refractivity contribution in [2.45, 2.75) is 25.8 Å². The van der Waals surface area contributed by atoms with Crippen LogP contribution in [0.5, 0.6) is 0 Å². The van der Waals surface area contributed by atoms with Gasteiger partial charge in [0.1, 0.15) is 0 Å². The summed E-state index contributed by atoms with van der Waals surface area (Å²) in [4.78, 5) is 12.3. The second kappa shape index (κ2) is 5.74. The Hall–Kier alpha value is -2.07. The molecule has 0 fully saturated rings. The summed E-state index contributed by atoms with van der Waals surface area (Å²) in [5, 5.41) is 5.30. The highest BCUT2D eigenvalue weighted by atomic mass is 16.1. The third-order valence-electron chi connectivity index (χ3n) is 4.05. The molecule has 0 aliphatic carbocycles. The first-order chi connectivity index (χ1) is 10.1. The molecule has 1 aliphatic rings. The minimum atomic E-state index is 0.0615. The van der Waals surface area contributed by atoms with E-state index < -0.39 is 0 Å². The van der Waals surface area contributed by atoms with E-state index in [0.29, 0.717) is 6.67 Å². The lowest BCUT2D eigenvalue weighted by molar-refractivity contribution is 0.420. The van der Waals surface area contributed by atoms with Crippen LogP contribution in [0, 0.1) is 0 Å². The molecular weight excluding hydrogens is 262 g/mol. The minimum Gasteiger partial charge on any atom is -0.299 e. The first-order valence-electron chi connectivity index (χ1n) is 7.40. The monoisotopic (exact) mass is 283 g/mol. The molecule has 110 valence electrons. The number of pyridine rings is 1. The Balaban J connectivity index is 1.86. The van der Waals surface area contributed by atoms with E-state index in [1.165, 1.54) is 5.56 Å². The Kier molecular flexibility index (Phi) is 3.80. The standard InChI is InChI=1S/C17H21N3O/c1-13-16-10-15(9-8-14-6-4-3-5-7-14)11-17(21)20(16)19(2)12-18-13/h3-7,10-11,13,18H,8-9,12H2,1-2H3/t13-/m1/s1. The van der Waals surface area contributed by atoms with Gasteiger partial charge in [-0.1, -0.05) is 30.3 Å². The summed E-state index contributed by atoms with van der Waals surface area (Å²) in [7, 11) is 1.92. The molecule has 3 rings (SSSR count). The molecule has 1 N–H and O–H groups in total. The quantitative estimate of drug-likeness (QED) is 0.933. The van der Waals surface area contributed by atoms with Gasteiger partial charge in [0.05, 0.1) is 12.4 Å². The maximum Gasteiger partial charge on any atom is 0.269 e. The van der Waals surface area contributed by atoms with Crippen molar-refractivity contribution in [1.29, 1.82) is 0 Å². The predicted molar refractivity (Wildman–Crippen MR) is 85.1 cm³/mol. The molecule has 0 saturated carbocycles. The summed E-state index contributed by atoms with van der Waals surface area (Å²) in [6, 6.07) is 14.5. The molecule has 0 bridgehead atoms. The Morgan fingerprint density at radius 3 is 2.62 bits per heavy atom. The smallest absolute Gasteiger partial charge is 0.269 e. The van der Waals surface area contributed by atoms with E-state index in [1.54, 1.807) is 10.7 Å². The van der Waals surface area contributed by atoms with Crippen molar-refractivity contribution in [2.24, 2.45) is 0 Å². The lowest BCUT2D eigenvalue weighted by atomic mass is 10.0. The second-order valence-electron chi connectivity index (χ2n) is 5.67. The number of rotatable bonds is 3. The highest BCUT2D eigenvalue weighted by molar-refractivity contribution is 5.25. The lowest BCUT2D eigenvalue weighted by Gasteiger charge is -2.34. The second-order valence-corrected chi connectivity index (χ2v) is 5.67. The summed E-state index contributed by atoms with van der Waals surface area (Å²) in [6.45, 7) is 2.79. The van der Waals surface area contributed by atoms with Crippen LogP contribution in [0.1, 0.15) is 29.8 Å². The lowest BCUT2D eigenvalue weighted by Crippen LogP contribution is -2.52. The molecule has 4 nitrogen and oxygen atoms in total. The van der Waals surface area contributed by atoms with Crippen LogP contribution in [0.2, 0.25) is 0 Å². The third kappa shape index (κ3) is 2.85. The van der Waals surface area contributed by atoms with E-state index in [0.717, 1.165) is 24.1 Å². The number of nitrogens with zero attached hydrogens (tertiary/aromatic N) is 2. The first kappa shape index (κ1) is 13.9. The summed E-state index contributed by atoms with van der Waals surface area (Å²) >= 11 is 0. The van der Waals surface area contributed by atoms with Gasteiger partial charge in [-0.2, -0.15) is 0 Å². The molecule has 0 spiro atoms. The van der Waals surface area contributed by atoms with Gasteiger partial charge in [-0.15, -0.1) is 0 Å². The molecule has 21 heavy (non-hydrogen) atoms. The van der Waals surface area contributed by atoms with Crippen LogP contribution in [-0.2, 0) is 12.8 Å². The molecule has 0 amide bonds. The zero-order valence-corrected chi connectivity index (χ0v) is 12.5. The molecule has 0 saturated heterocycles. The number of hydrogen-bond acceptors (Lipinski definition) is 3. The summed E-state index contributed by atoms with van der Waals surface area (Å²) in [6.07, 6.45) is 1.85. The number of benzene rings is 1. The number of nitrogens with one attached hydrogen (secondary N) is 1. The van der Waals surface area contributed by atoms with Gasteiger partial charge in [-0.3, -0.25) is 15.1 Å². The highest BCUT2D eigenvalue weighted by Gasteiger charge is 2.20. The topological polar surface area (TPSA) is 37.3 Å². The molecule has 1 aliphatic heterocycles. The zero-order valence-electron chi connectivity index (χ0n) is 12.5. The Morgan fingerprint density at radius 2 is 1.86 bits per heavy atom. The molecule has 2 heterocycles. The van der Waals surface area contributed by atoms with E-state index in [4.69, 9.17) is 0 Å². The van der Waals surface area contributed by atoms with Crippen LogP contribution in [0.4, 0.5) is 0 Å². The SMILES string of the molecule is C[C@H]1NCN(C)n2c1cc(CCc1ccccc1)cc2=O. The van der Waals surface area contributed by atoms with Gasteiger partial charge < -0.3 is 0 Å². The number of fused-ring (bicyclic) bond motifs is 1. The zero-order chi connectivity index (χ0) is 14.8. The minimum absolute atomic E-state index is 0.0615. The first-order valence-corrected chi connectivity index (χ1v) is 7.40. The molecule has 1 aromatic heterocycles. The van der Waals surface area contributed by atoms with Crippen LogP contribution in [-0.4, -0.2) is 18.4 Å². The fraction of sp³-hybridized carbons (Fsp3) is 0.353. The van der Waals surface area contributed by atoms with E-state index in [2.05, 4.69) is 42.6 Å². The largest absolute Gasteiger partial charge is 0.299 e. The maximum atomic E-state index is 12.3. The third-order valence-corrected chi connectivity index (χ3v) is 4.05. The van der Waals surface area contributed by atoms with E-state index in [9.17, 15) is 4.79 Å². The molecule has 1 atom stereocenters. The Labute approximate surface area is 125 Å². The maximum absolute atomic E-state index is 12.3. The van der Waals surface area contributed by atoms with E-state index >= 15 is 0 Å². The fourth-order valence-electron chi connectivity index (χ4n) is 2.84. The summed E-state index contributed by atoms with van der Waals surface area (Å²) in [5.41, 5.74) is 3.52. The molecular formula is C17H21N3O. The molecule has 1 aromatic carbocycles. The predicted octanol–water partition coefficient (Wildman–Crippen LogP) is 1.82. The van der Waals surface area contributed by atoms with Gasteiger partial charge in [0.15, 0.2) is 0 Å². The van der Waals surface area contributed by atoms with E-state index in [-0.39, 0.29) is 11.6 Å². The van der Waals surface area contributed by atoms with Crippen molar-refractivity contribution in [3.8, 4) is 0 Å². The van der Waals surface area contributed by atoms with Crippen molar-refractivity contribution in [3.05, 3.63) is 69.6 Å². The van der Waals surface area contributed by atoms with E-state index in [1.807, 2.05) is 18.1 Å². The van der Waals surface area contributed by atoms with Crippen molar-refractivity contribution in [2.75, 3.05) is 18.7 Å². The van der Waals surface area contributed by atoms with Crippen molar-refractivity contribution in [3.63, 3.8) is 0 Å². The van der Waals surface area contributed by atoms with Crippen molar-refractivity contribution < 1.29 is 0 Å². The van der Waals surface area contributed by atoms with Crippen LogP contribution in [0.3, 0.4) is 0 Å². The van der Waals surface area contributed by atoms with Crippen LogP contribution < -0.4 is 15.9 Å². The van der Waals surface area contributed by atoms with Gasteiger partial charge in [-0.05, 0) is 37.0 Å². The molecule has 0 unspecified atom stereocenters. The number of aromatic nitrogens is 1. The van der Waals surface area contributed by atoms with Crippen molar-refractivity contribution in [1.82, 2.24) is 9.99 Å². The summed E-state index contributed by atoms with van der Waals surface area (Å²) in [5.74, 6) is 0. The van der Waals surface area contributed by atoms with Gasteiger partial charge in [0, 0.05) is 19.2 Å². The van der Waals surface area contributed by atoms with Gasteiger partial charge in [0.25, 0.3) is 5.56 Å². The number of aryl methyl sites for hydroxylation is 2. The van der Waals surface area contributed by atoms with Gasteiger partial charge >= 0.3 is 0 Å². The molecule has 0 radical (unpaired) electrons. The molecule has 2 aromatic rings. The van der Waals surface area contributed by atoms with Crippen LogP contribution in [0.25, 0.3) is 0 Å². The number of hydrogen-bond donors (Lipinski definition) is 1. The average Bonchev–Trinajstić information content (AvgIpc) is 2.50.